The molecule has 9 heteroatoms. The molecule has 5 aromatic rings. The van der Waals surface area contributed by atoms with Gasteiger partial charge in [-0.25, -0.2) is 18.6 Å². The summed E-state index contributed by atoms with van der Waals surface area (Å²) in [6.07, 6.45) is 3.33. The van der Waals surface area contributed by atoms with Gasteiger partial charge in [-0.3, -0.25) is 4.98 Å². The minimum Gasteiger partial charge on any atom is -0.493 e. The number of ether oxygens (including phenoxy) is 3. The Bertz CT molecular complexity index is 1850. The number of carbonyl (C=O) groups excluding carboxylic acids is 1. The third kappa shape index (κ3) is 4.87. The molecule has 1 unspecified atom stereocenters. The molecule has 3 aromatic heterocycles. The average Bonchev–Trinajstić information content (AvgIpc) is 3.34. The van der Waals surface area contributed by atoms with E-state index in [4.69, 9.17) is 24.2 Å². The van der Waals surface area contributed by atoms with Crippen LogP contribution in [0.1, 0.15) is 49.3 Å². The van der Waals surface area contributed by atoms with E-state index in [1.54, 1.807) is 12.3 Å². The molecule has 0 spiro atoms. The van der Waals surface area contributed by atoms with Crippen molar-refractivity contribution in [2.24, 2.45) is 0 Å². The van der Waals surface area contributed by atoms with Crippen LogP contribution in [0.5, 0.6) is 5.75 Å². The van der Waals surface area contributed by atoms with Gasteiger partial charge in [-0.15, -0.1) is 0 Å². The first kappa shape index (κ1) is 27.8. The minimum atomic E-state index is -1.07. The van der Waals surface area contributed by atoms with Crippen molar-refractivity contribution < 1.29 is 27.8 Å². The van der Waals surface area contributed by atoms with Crippen molar-refractivity contribution in [3.05, 3.63) is 88.9 Å². The van der Waals surface area contributed by atoms with Gasteiger partial charge in [-0.2, -0.15) is 0 Å². The van der Waals surface area contributed by atoms with Gasteiger partial charge < -0.3 is 18.8 Å². The van der Waals surface area contributed by atoms with Gasteiger partial charge in [0.25, 0.3) is 0 Å². The highest BCUT2D eigenvalue weighted by atomic mass is 19.2. The number of methoxy groups -OCH3 is 1. The van der Waals surface area contributed by atoms with Crippen LogP contribution in [0, 0.1) is 18.6 Å². The second kappa shape index (κ2) is 10.5. The van der Waals surface area contributed by atoms with E-state index in [0.29, 0.717) is 29.1 Å². The lowest BCUT2D eigenvalue weighted by Crippen LogP contribution is -2.29. The number of nitrogens with zero attached hydrogens (tertiary/aromatic N) is 3. The highest BCUT2D eigenvalue weighted by Gasteiger charge is 2.34. The van der Waals surface area contributed by atoms with E-state index in [1.807, 2.05) is 62.7 Å². The second-order valence-electron chi connectivity index (χ2n) is 11.5. The highest BCUT2D eigenvalue weighted by molar-refractivity contribution is 6.07. The summed E-state index contributed by atoms with van der Waals surface area (Å²) < 4.78 is 47.1. The van der Waals surface area contributed by atoms with Gasteiger partial charge in [-0.1, -0.05) is 6.07 Å². The van der Waals surface area contributed by atoms with Crippen molar-refractivity contribution in [3.63, 3.8) is 0 Å². The molecule has 2 aromatic carbocycles. The number of aromatic nitrogens is 3. The summed E-state index contributed by atoms with van der Waals surface area (Å²) in [5.41, 5.74) is 5.08. The highest BCUT2D eigenvalue weighted by Crippen LogP contribution is 2.44. The van der Waals surface area contributed by atoms with Crippen molar-refractivity contribution in [3.8, 4) is 16.9 Å². The molecular formula is C33H31F2N3O4. The minimum absolute atomic E-state index is 0.265. The molecule has 0 N–H and O–H groups in total. The number of rotatable bonds is 6. The van der Waals surface area contributed by atoms with Crippen molar-refractivity contribution in [1.82, 2.24) is 14.5 Å². The topological polar surface area (TPSA) is 75.5 Å². The van der Waals surface area contributed by atoms with Gasteiger partial charge in [-0.05, 0) is 75.2 Å². The molecule has 4 heterocycles. The van der Waals surface area contributed by atoms with Gasteiger partial charge in [0.2, 0.25) is 0 Å². The zero-order chi connectivity index (χ0) is 29.8. The number of esters is 1. The SMILES string of the molecule is COC(=O)C(OC(C)(C)C)c1c(C)nc2c(ccn2Cc2ccc(F)c(F)c2)c1-c1ccc2c3c(ccnc13)CCO2. The summed E-state index contributed by atoms with van der Waals surface area (Å²) in [5.74, 6) is -1.59. The van der Waals surface area contributed by atoms with Gasteiger partial charge in [0, 0.05) is 58.5 Å². The summed E-state index contributed by atoms with van der Waals surface area (Å²) in [7, 11) is 1.34. The van der Waals surface area contributed by atoms with Gasteiger partial charge in [0.05, 0.1) is 24.8 Å². The third-order valence-corrected chi connectivity index (χ3v) is 7.46. The standard InChI is InChI=1S/C33H31F2N3O4/c1-18-26(30(32(39)40-5)42-33(2,3)4)28(21-7-9-25-27-20(12-15-41-25)10-13-36-29(21)27)22-11-14-38(31(22)37-18)17-19-6-8-23(34)24(35)16-19/h6-11,13-14,16,30H,12,15,17H2,1-5H3. The van der Waals surface area contributed by atoms with Gasteiger partial charge in [0.15, 0.2) is 17.7 Å². The Morgan fingerprint density at radius 3 is 2.67 bits per heavy atom. The fraction of sp³-hybridized carbons (Fsp3) is 0.303. The lowest BCUT2D eigenvalue weighted by Gasteiger charge is -2.29. The molecule has 216 valence electrons. The Balaban J connectivity index is 1.65. The summed E-state index contributed by atoms with van der Waals surface area (Å²) in [6.45, 7) is 8.32. The van der Waals surface area contributed by atoms with Crippen LogP contribution in [-0.2, 0) is 27.2 Å². The van der Waals surface area contributed by atoms with Crippen LogP contribution >= 0.6 is 0 Å². The molecule has 6 rings (SSSR count). The Labute approximate surface area is 242 Å². The second-order valence-corrected chi connectivity index (χ2v) is 11.5. The lowest BCUT2D eigenvalue weighted by atomic mass is 9.89. The Kier molecular flexibility index (Phi) is 6.93. The van der Waals surface area contributed by atoms with E-state index in [9.17, 15) is 13.6 Å². The zero-order valence-corrected chi connectivity index (χ0v) is 24.1. The maximum atomic E-state index is 14.0. The molecule has 0 fully saturated rings. The van der Waals surface area contributed by atoms with Gasteiger partial charge in [0.1, 0.15) is 11.4 Å². The van der Waals surface area contributed by atoms with Crippen molar-refractivity contribution >= 4 is 27.9 Å². The number of halogens is 2. The van der Waals surface area contributed by atoms with Crippen LogP contribution in [0.15, 0.2) is 54.9 Å². The molecule has 0 aliphatic carbocycles. The van der Waals surface area contributed by atoms with Gasteiger partial charge >= 0.3 is 5.97 Å². The summed E-state index contributed by atoms with van der Waals surface area (Å²) in [4.78, 5) is 23.0. The molecule has 0 saturated carbocycles. The smallest absolute Gasteiger partial charge is 0.339 e. The van der Waals surface area contributed by atoms with Crippen LogP contribution in [0.25, 0.3) is 33.1 Å². The molecule has 42 heavy (non-hydrogen) atoms. The third-order valence-electron chi connectivity index (χ3n) is 7.46. The number of hydrogen-bond acceptors (Lipinski definition) is 6. The molecule has 0 radical (unpaired) electrons. The predicted molar refractivity (Wildman–Crippen MR) is 155 cm³/mol. The van der Waals surface area contributed by atoms with Crippen LogP contribution in [0.3, 0.4) is 0 Å². The van der Waals surface area contributed by atoms with Crippen LogP contribution < -0.4 is 4.74 Å². The molecule has 1 aliphatic rings. The number of pyridine rings is 2. The van der Waals surface area contributed by atoms with Crippen molar-refractivity contribution in [2.45, 2.75) is 52.4 Å². The maximum Gasteiger partial charge on any atom is 0.339 e. The fourth-order valence-corrected chi connectivity index (χ4v) is 5.69. The molecular weight excluding hydrogens is 540 g/mol. The molecule has 7 nitrogen and oxygen atoms in total. The molecule has 1 aliphatic heterocycles. The summed E-state index contributed by atoms with van der Waals surface area (Å²) in [6, 6.07) is 11.7. The quantitative estimate of drug-likeness (QED) is 0.208. The van der Waals surface area contributed by atoms with Crippen LogP contribution in [-0.4, -0.2) is 39.8 Å². The summed E-state index contributed by atoms with van der Waals surface area (Å²) >= 11 is 0. The maximum absolute atomic E-state index is 14.0. The normalized spacial score (nSPS) is 13.8. The number of hydrogen-bond donors (Lipinski definition) is 0. The molecule has 0 amide bonds. The van der Waals surface area contributed by atoms with E-state index in [1.165, 1.54) is 13.2 Å². The molecule has 0 bridgehead atoms. The number of benzene rings is 2. The molecule has 0 saturated heterocycles. The van der Waals surface area contributed by atoms with Crippen LogP contribution in [0.4, 0.5) is 8.78 Å². The van der Waals surface area contributed by atoms with E-state index in [-0.39, 0.29) is 6.54 Å². The summed E-state index contributed by atoms with van der Waals surface area (Å²) in [5, 5.41) is 1.69. The monoisotopic (exact) mass is 571 g/mol. The van der Waals surface area contributed by atoms with E-state index < -0.39 is 29.3 Å². The zero-order valence-electron chi connectivity index (χ0n) is 24.1. The lowest BCUT2D eigenvalue weighted by molar-refractivity contribution is -0.164. The first-order chi connectivity index (χ1) is 20.1. The Hall–Kier alpha value is -4.37. The molecule has 1 atom stereocenters. The predicted octanol–water partition coefficient (Wildman–Crippen LogP) is 6.85. The average molecular weight is 572 g/mol. The van der Waals surface area contributed by atoms with E-state index in [0.717, 1.165) is 51.2 Å². The number of carbonyl (C=O) groups is 1. The first-order valence-electron chi connectivity index (χ1n) is 13.8. The van der Waals surface area contributed by atoms with E-state index in [2.05, 4.69) is 0 Å². The largest absolute Gasteiger partial charge is 0.493 e. The fourth-order valence-electron chi connectivity index (χ4n) is 5.69. The Morgan fingerprint density at radius 2 is 1.93 bits per heavy atom. The Morgan fingerprint density at radius 1 is 1.12 bits per heavy atom. The number of aryl methyl sites for hydroxylation is 1. The number of fused-ring (bicyclic) bond motifs is 1. The van der Waals surface area contributed by atoms with Crippen molar-refractivity contribution in [2.75, 3.05) is 13.7 Å². The van der Waals surface area contributed by atoms with E-state index >= 15 is 0 Å². The first-order valence-corrected chi connectivity index (χ1v) is 13.8. The van der Waals surface area contributed by atoms with Crippen molar-refractivity contribution in [1.29, 1.82) is 0 Å². The van der Waals surface area contributed by atoms with Crippen LogP contribution in [0.2, 0.25) is 0 Å².